The van der Waals surface area contributed by atoms with Crippen molar-refractivity contribution >= 4 is 0 Å². The molecule has 0 saturated heterocycles. The highest BCUT2D eigenvalue weighted by molar-refractivity contribution is 5.66. The van der Waals surface area contributed by atoms with Crippen molar-refractivity contribution in [2.24, 2.45) is 12.8 Å². The third-order valence-corrected chi connectivity index (χ3v) is 2.36. The molecule has 0 unspecified atom stereocenters. The van der Waals surface area contributed by atoms with Gasteiger partial charge in [0.25, 0.3) is 0 Å². The van der Waals surface area contributed by atoms with Gasteiger partial charge in [-0.1, -0.05) is 12.1 Å². The van der Waals surface area contributed by atoms with Gasteiger partial charge in [-0.3, -0.25) is 0 Å². The van der Waals surface area contributed by atoms with Crippen LogP contribution in [0.25, 0.3) is 11.3 Å². The molecule has 4 nitrogen and oxygen atoms in total. The smallest absolute Gasteiger partial charge is 0.128 e. The summed E-state index contributed by atoms with van der Waals surface area (Å²) in [6.07, 6.45) is 3.60. The normalized spacial score (nSPS) is 10.4. The van der Waals surface area contributed by atoms with Gasteiger partial charge in [-0.2, -0.15) is 0 Å². The van der Waals surface area contributed by atoms with Crippen molar-refractivity contribution in [3.63, 3.8) is 0 Å². The Morgan fingerprint density at radius 1 is 1.38 bits per heavy atom. The maximum atomic E-state index is 5.60. The molecular weight excluding hydrogens is 202 g/mol. The molecule has 0 aliphatic rings. The second kappa shape index (κ2) is 4.81. The lowest BCUT2D eigenvalue weighted by Crippen LogP contribution is -2.11. The molecule has 2 rings (SSSR count). The van der Waals surface area contributed by atoms with E-state index in [-0.39, 0.29) is 0 Å². The van der Waals surface area contributed by atoms with E-state index in [9.17, 15) is 0 Å². The molecule has 0 spiro atoms. The van der Waals surface area contributed by atoms with Gasteiger partial charge >= 0.3 is 0 Å². The first-order chi connectivity index (χ1) is 7.83. The fraction of sp³-hybridized carbons (Fsp3) is 0.250. The molecule has 0 bridgehead atoms. The van der Waals surface area contributed by atoms with E-state index in [0.29, 0.717) is 13.2 Å². The maximum absolute atomic E-state index is 5.60. The van der Waals surface area contributed by atoms with Crippen molar-refractivity contribution in [2.75, 3.05) is 13.2 Å². The molecule has 0 aliphatic carbocycles. The molecule has 4 heteroatoms. The van der Waals surface area contributed by atoms with Crippen molar-refractivity contribution in [1.29, 1.82) is 0 Å². The number of ether oxygens (including phenoxy) is 1. The average Bonchev–Trinajstić information content (AvgIpc) is 2.73. The van der Waals surface area contributed by atoms with Gasteiger partial charge in [0.1, 0.15) is 12.4 Å². The van der Waals surface area contributed by atoms with Crippen LogP contribution in [-0.2, 0) is 7.05 Å². The van der Waals surface area contributed by atoms with Crippen molar-refractivity contribution in [3.8, 4) is 17.0 Å². The van der Waals surface area contributed by atoms with E-state index in [0.717, 1.165) is 17.0 Å². The molecule has 16 heavy (non-hydrogen) atoms. The van der Waals surface area contributed by atoms with Gasteiger partial charge in [-0.25, -0.2) is 4.98 Å². The third-order valence-electron chi connectivity index (χ3n) is 2.36. The maximum Gasteiger partial charge on any atom is 0.128 e. The monoisotopic (exact) mass is 217 g/mol. The zero-order chi connectivity index (χ0) is 11.4. The van der Waals surface area contributed by atoms with E-state index >= 15 is 0 Å². The fourth-order valence-corrected chi connectivity index (χ4v) is 1.59. The van der Waals surface area contributed by atoms with Crippen molar-refractivity contribution in [2.45, 2.75) is 0 Å². The summed E-state index contributed by atoms with van der Waals surface area (Å²) in [5.74, 6) is 0.844. The molecule has 1 aromatic carbocycles. The molecule has 0 amide bonds. The van der Waals surface area contributed by atoms with Gasteiger partial charge in [-0.15, -0.1) is 0 Å². The van der Waals surface area contributed by atoms with E-state index in [2.05, 4.69) is 4.98 Å². The summed E-state index contributed by atoms with van der Waals surface area (Å²) in [6.45, 7) is 1.04. The lowest BCUT2D eigenvalue weighted by atomic mass is 10.1. The summed E-state index contributed by atoms with van der Waals surface area (Å²) in [7, 11) is 1.96. The first-order valence-corrected chi connectivity index (χ1v) is 5.21. The van der Waals surface area contributed by atoms with E-state index in [1.165, 1.54) is 0 Å². The first kappa shape index (κ1) is 10.7. The van der Waals surface area contributed by atoms with Gasteiger partial charge in [0, 0.05) is 19.2 Å². The predicted molar refractivity (Wildman–Crippen MR) is 63.2 cm³/mol. The van der Waals surface area contributed by atoms with Crippen molar-refractivity contribution in [1.82, 2.24) is 9.55 Å². The molecule has 0 aliphatic heterocycles. The van der Waals surface area contributed by atoms with Gasteiger partial charge in [0.15, 0.2) is 0 Å². The first-order valence-electron chi connectivity index (χ1n) is 5.21. The molecule has 0 radical (unpaired) electrons. The quantitative estimate of drug-likeness (QED) is 0.842. The topological polar surface area (TPSA) is 53.1 Å². The van der Waals surface area contributed by atoms with E-state index in [4.69, 9.17) is 10.5 Å². The number of rotatable bonds is 4. The second-order valence-corrected chi connectivity index (χ2v) is 3.52. The molecule has 0 fully saturated rings. The zero-order valence-electron chi connectivity index (χ0n) is 9.26. The average molecular weight is 217 g/mol. The number of aryl methyl sites for hydroxylation is 1. The van der Waals surface area contributed by atoms with Crippen LogP contribution in [0, 0.1) is 0 Å². The number of imidazole rings is 1. The molecule has 0 atom stereocenters. The minimum absolute atomic E-state index is 0.514. The Hall–Kier alpha value is -1.81. The van der Waals surface area contributed by atoms with Crippen LogP contribution >= 0.6 is 0 Å². The number of hydrogen-bond donors (Lipinski definition) is 1. The Morgan fingerprint density at radius 3 is 2.88 bits per heavy atom. The van der Waals surface area contributed by atoms with Crippen LogP contribution in [0.4, 0.5) is 0 Å². The summed E-state index contributed by atoms with van der Waals surface area (Å²) in [6, 6.07) is 7.89. The van der Waals surface area contributed by atoms with Crippen LogP contribution in [-0.4, -0.2) is 22.7 Å². The molecule has 2 N–H and O–H groups in total. The summed E-state index contributed by atoms with van der Waals surface area (Å²) in [5, 5.41) is 0. The van der Waals surface area contributed by atoms with Crippen LogP contribution in [0.15, 0.2) is 36.8 Å². The van der Waals surface area contributed by atoms with Crippen LogP contribution in [0.3, 0.4) is 0 Å². The number of hydrogen-bond acceptors (Lipinski definition) is 3. The lowest BCUT2D eigenvalue weighted by Gasteiger charge is -2.10. The number of nitrogens with two attached hydrogens (primary N) is 1. The Kier molecular flexibility index (Phi) is 3.22. The fourth-order valence-electron chi connectivity index (χ4n) is 1.59. The summed E-state index contributed by atoms with van der Waals surface area (Å²) in [5.41, 5.74) is 7.51. The minimum atomic E-state index is 0.514. The summed E-state index contributed by atoms with van der Waals surface area (Å²) >= 11 is 0. The van der Waals surface area contributed by atoms with Crippen LogP contribution in [0.1, 0.15) is 0 Å². The highest BCUT2D eigenvalue weighted by atomic mass is 16.5. The van der Waals surface area contributed by atoms with Crippen LogP contribution < -0.4 is 10.5 Å². The molecular formula is C12H15N3O. The molecule has 84 valence electrons. The Morgan fingerprint density at radius 2 is 2.19 bits per heavy atom. The minimum Gasteiger partial charge on any atom is -0.492 e. The predicted octanol–water partition coefficient (Wildman–Crippen LogP) is 1.42. The third kappa shape index (κ3) is 2.06. The number of para-hydroxylation sites is 1. The van der Waals surface area contributed by atoms with Gasteiger partial charge in [-0.05, 0) is 12.1 Å². The van der Waals surface area contributed by atoms with Gasteiger partial charge in [0.2, 0.25) is 0 Å². The highest BCUT2D eigenvalue weighted by Crippen LogP contribution is 2.28. The molecule has 1 heterocycles. The molecule has 2 aromatic rings. The summed E-state index contributed by atoms with van der Waals surface area (Å²) in [4.78, 5) is 4.10. The van der Waals surface area contributed by atoms with Gasteiger partial charge in [0.05, 0.1) is 18.2 Å². The number of aromatic nitrogens is 2. The van der Waals surface area contributed by atoms with Crippen LogP contribution in [0.2, 0.25) is 0 Å². The standard InChI is InChI=1S/C12H15N3O/c1-15-9-14-8-11(15)10-4-2-3-5-12(10)16-7-6-13/h2-5,8-9H,6-7,13H2,1H3. The second-order valence-electron chi connectivity index (χ2n) is 3.52. The largest absolute Gasteiger partial charge is 0.492 e. The molecule has 1 aromatic heterocycles. The Bertz CT molecular complexity index is 465. The van der Waals surface area contributed by atoms with Gasteiger partial charge < -0.3 is 15.0 Å². The van der Waals surface area contributed by atoms with Crippen LogP contribution in [0.5, 0.6) is 5.75 Å². The summed E-state index contributed by atoms with van der Waals surface area (Å²) < 4.78 is 7.56. The van der Waals surface area contributed by atoms with E-state index in [1.807, 2.05) is 42.1 Å². The van der Waals surface area contributed by atoms with E-state index < -0.39 is 0 Å². The molecule has 0 saturated carbocycles. The SMILES string of the molecule is Cn1cncc1-c1ccccc1OCCN. The Labute approximate surface area is 94.7 Å². The highest BCUT2D eigenvalue weighted by Gasteiger charge is 2.08. The van der Waals surface area contributed by atoms with Crippen molar-refractivity contribution < 1.29 is 4.74 Å². The van der Waals surface area contributed by atoms with E-state index in [1.54, 1.807) is 6.33 Å². The van der Waals surface area contributed by atoms with Crippen molar-refractivity contribution in [3.05, 3.63) is 36.8 Å². The lowest BCUT2D eigenvalue weighted by molar-refractivity contribution is 0.329. The Balaban J connectivity index is 2.37. The number of benzene rings is 1. The number of nitrogens with zero attached hydrogens (tertiary/aromatic N) is 2. The zero-order valence-corrected chi connectivity index (χ0v) is 9.26.